The molecule has 22 heavy (non-hydrogen) atoms. The average molecular weight is 379 g/mol. The Balaban J connectivity index is 2.41. The van der Waals surface area contributed by atoms with Gasteiger partial charge in [-0.15, -0.1) is 0 Å². The van der Waals surface area contributed by atoms with Crippen molar-refractivity contribution < 1.29 is 23.1 Å². The summed E-state index contributed by atoms with van der Waals surface area (Å²) in [7, 11) is 0. The summed E-state index contributed by atoms with van der Waals surface area (Å²) in [6.07, 6.45) is -4.84. The highest BCUT2D eigenvalue weighted by atomic mass is 79.9. The van der Waals surface area contributed by atoms with Gasteiger partial charge in [0.25, 0.3) is 11.6 Å². The molecule has 0 saturated heterocycles. The number of benzene rings is 1. The molecule has 0 aliphatic carbocycles. The zero-order valence-corrected chi connectivity index (χ0v) is 13.3. The number of carbonyl (C=O) groups is 1. The fraction of sp³-hybridized carbons (Fsp3) is 0.429. The van der Waals surface area contributed by atoms with Crippen LogP contribution in [0.1, 0.15) is 36.5 Å². The molecule has 4 nitrogen and oxygen atoms in total. The zero-order chi connectivity index (χ0) is 16.5. The smallest absolute Gasteiger partial charge is 0.362 e. The molecule has 1 heterocycles. The maximum absolute atomic E-state index is 13.2. The van der Waals surface area contributed by atoms with E-state index in [1.54, 1.807) is 13.0 Å². The Hall–Kier alpha value is -1.41. The second-order valence-electron chi connectivity index (χ2n) is 5.03. The molecule has 1 aromatic rings. The average Bonchev–Trinajstić information content (AvgIpc) is 2.76. The highest BCUT2D eigenvalue weighted by Gasteiger charge is 2.63. The minimum absolute atomic E-state index is 0.0125. The number of hydrazone groups is 1. The molecule has 8 heteroatoms. The fourth-order valence-corrected chi connectivity index (χ4v) is 2.62. The maximum Gasteiger partial charge on any atom is 0.438 e. The van der Waals surface area contributed by atoms with Gasteiger partial charge in [-0.1, -0.05) is 35.3 Å². The second-order valence-corrected chi connectivity index (χ2v) is 5.95. The first-order valence-electron chi connectivity index (χ1n) is 6.64. The first-order chi connectivity index (χ1) is 10.2. The van der Waals surface area contributed by atoms with Gasteiger partial charge < -0.3 is 5.11 Å². The molecular formula is C14H14BrF3N2O2. The highest BCUT2D eigenvalue weighted by Crippen LogP contribution is 2.41. The van der Waals surface area contributed by atoms with Crippen LogP contribution in [-0.2, 0) is 0 Å². The van der Waals surface area contributed by atoms with Crippen molar-refractivity contribution in [2.45, 2.75) is 38.1 Å². The number of halogens is 4. The molecule has 1 aliphatic heterocycles. The molecule has 1 aliphatic rings. The number of alkyl halides is 3. The van der Waals surface area contributed by atoms with E-state index in [0.717, 1.165) is 0 Å². The van der Waals surface area contributed by atoms with Crippen LogP contribution in [0.4, 0.5) is 13.2 Å². The number of amides is 1. The lowest BCUT2D eigenvalue weighted by Gasteiger charge is -2.32. The van der Waals surface area contributed by atoms with Crippen LogP contribution in [0.15, 0.2) is 33.8 Å². The summed E-state index contributed by atoms with van der Waals surface area (Å²) in [5.74, 6) is -0.993. The summed E-state index contributed by atoms with van der Waals surface area (Å²) in [5, 5.41) is 13.9. The number of aliphatic hydroxyl groups is 1. The number of hydrogen-bond acceptors (Lipinski definition) is 3. The Bertz CT molecular complexity index is 618. The van der Waals surface area contributed by atoms with Gasteiger partial charge in [0.05, 0.1) is 0 Å². The van der Waals surface area contributed by atoms with Crippen molar-refractivity contribution in [3.63, 3.8) is 0 Å². The van der Waals surface area contributed by atoms with Crippen molar-refractivity contribution in [1.29, 1.82) is 0 Å². The van der Waals surface area contributed by atoms with E-state index in [2.05, 4.69) is 21.0 Å². The zero-order valence-electron chi connectivity index (χ0n) is 11.7. The summed E-state index contributed by atoms with van der Waals surface area (Å²) in [6.45, 7) is 1.79. The second kappa shape index (κ2) is 6.00. The Kier molecular flexibility index (Phi) is 4.62. The van der Waals surface area contributed by atoms with Crippen molar-refractivity contribution >= 4 is 27.5 Å². The fourth-order valence-electron chi connectivity index (χ4n) is 2.22. The topological polar surface area (TPSA) is 52.9 Å². The van der Waals surface area contributed by atoms with Gasteiger partial charge in [-0.05, 0) is 24.6 Å². The molecule has 1 atom stereocenters. The quantitative estimate of drug-likeness (QED) is 0.871. The van der Waals surface area contributed by atoms with Crippen LogP contribution in [0.5, 0.6) is 0 Å². The van der Waals surface area contributed by atoms with E-state index in [1.807, 2.05) is 0 Å². The van der Waals surface area contributed by atoms with E-state index in [0.29, 0.717) is 17.3 Å². The Morgan fingerprint density at radius 3 is 2.73 bits per heavy atom. The summed E-state index contributed by atoms with van der Waals surface area (Å²) in [4.78, 5) is 12.3. The first kappa shape index (κ1) is 17.0. The minimum atomic E-state index is -4.99. The summed E-state index contributed by atoms with van der Waals surface area (Å²) in [6, 6.07) is 5.92. The summed E-state index contributed by atoms with van der Waals surface area (Å²) < 4.78 is 40.3. The summed E-state index contributed by atoms with van der Waals surface area (Å²) in [5.41, 5.74) is -3.12. The molecular weight excluding hydrogens is 365 g/mol. The van der Waals surface area contributed by atoms with Gasteiger partial charge in [-0.25, -0.2) is 0 Å². The van der Waals surface area contributed by atoms with Gasteiger partial charge in [-0.2, -0.15) is 23.3 Å². The molecule has 2 rings (SSSR count). The number of carbonyl (C=O) groups excluding carboxylic acids is 1. The van der Waals surface area contributed by atoms with Crippen LogP contribution in [0.25, 0.3) is 0 Å². The maximum atomic E-state index is 13.2. The van der Waals surface area contributed by atoms with E-state index < -0.39 is 24.2 Å². The molecule has 0 spiro atoms. The number of nitrogens with zero attached hydrogens (tertiary/aromatic N) is 2. The van der Waals surface area contributed by atoms with Crippen LogP contribution in [0.2, 0.25) is 0 Å². The largest absolute Gasteiger partial charge is 0.438 e. The first-order valence-corrected chi connectivity index (χ1v) is 7.44. The van der Waals surface area contributed by atoms with Crippen LogP contribution in [0.3, 0.4) is 0 Å². The van der Waals surface area contributed by atoms with Crippen LogP contribution in [-0.4, -0.2) is 33.6 Å². The molecule has 1 amide bonds. The molecule has 0 saturated carbocycles. The molecule has 1 N–H and O–H groups in total. The third-order valence-corrected chi connectivity index (χ3v) is 3.79. The van der Waals surface area contributed by atoms with Gasteiger partial charge in [0.2, 0.25) is 0 Å². The van der Waals surface area contributed by atoms with E-state index >= 15 is 0 Å². The van der Waals surface area contributed by atoms with Crippen molar-refractivity contribution in [1.82, 2.24) is 5.01 Å². The predicted molar refractivity (Wildman–Crippen MR) is 78.3 cm³/mol. The molecule has 0 unspecified atom stereocenters. The SMILES string of the molecule is CCCC1=NN(C(=O)c2cccc(Br)c2)[C@](O)(C(F)(F)F)C1. The predicted octanol–water partition coefficient (Wildman–Crippen LogP) is 3.70. The highest BCUT2D eigenvalue weighted by molar-refractivity contribution is 9.10. The van der Waals surface area contributed by atoms with Crippen LogP contribution < -0.4 is 0 Å². The lowest BCUT2D eigenvalue weighted by Crippen LogP contribution is -2.56. The Labute approximate surface area is 133 Å². The molecule has 120 valence electrons. The van der Waals surface area contributed by atoms with Crippen molar-refractivity contribution in [3.05, 3.63) is 34.3 Å². The molecule has 1 aromatic carbocycles. The monoisotopic (exact) mass is 378 g/mol. The van der Waals surface area contributed by atoms with Crippen LogP contribution >= 0.6 is 15.9 Å². The van der Waals surface area contributed by atoms with Crippen molar-refractivity contribution in [2.75, 3.05) is 0 Å². The van der Waals surface area contributed by atoms with Gasteiger partial charge in [0.1, 0.15) is 0 Å². The molecule has 0 radical (unpaired) electrons. The summed E-state index contributed by atoms with van der Waals surface area (Å²) >= 11 is 3.15. The normalized spacial score (nSPS) is 21.9. The molecule has 0 bridgehead atoms. The van der Waals surface area contributed by atoms with Crippen LogP contribution in [0, 0.1) is 0 Å². The van der Waals surface area contributed by atoms with Gasteiger partial charge in [0.15, 0.2) is 0 Å². The number of hydrogen-bond donors (Lipinski definition) is 1. The van der Waals surface area contributed by atoms with E-state index in [4.69, 9.17) is 0 Å². The minimum Gasteiger partial charge on any atom is -0.362 e. The number of rotatable bonds is 3. The molecule has 0 fully saturated rings. The van der Waals surface area contributed by atoms with E-state index in [1.165, 1.54) is 18.2 Å². The standard InChI is InChI=1S/C14H14BrF3N2O2/c1-2-4-11-8-13(22,14(16,17)18)20(19-11)12(21)9-5-3-6-10(15)7-9/h3,5-7,22H,2,4,8H2,1H3/t13-/m1/s1. The molecule has 0 aromatic heterocycles. The lowest BCUT2D eigenvalue weighted by molar-refractivity contribution is -0.297. The van der Waals surface area contributed by atoms with E-state index in [-0.39, 0.29) is 16.3 Å². The van der Waals surface area contributed by atoms with Gasteiger partial charge in [-0.3, -0.25) is 4.79 Å². The van der Waals surface area contributed by atoms with Crippen molar-refractivity contribution in [3.8, 4) is 0 Å². The third kappa shape index (κ3) is 3.03. The lowest BCUT2D eigenvalue weighted by atomic mass is 10.0. The Morgan fingerprint density at radius 2 is 2.18 bits per heavy atom. The van der Waals surface area contributed by atoms with Gasteiger partial charge in [0, 0.05) is 22.2 Å². The van der Waals surface area contributed by atoms with Gasteiger partial charge >= 0.3 is 6.18 Å². The Morgan fingerprint density at radius 1 is 1.50 bits per heavy atom. The van der Waals surface area contributed by atoms with Crippen molar-refractivity contribution in [2.24, 2.45) is 5.10 Å². The third-order valence-electron chi connectivity index (χ3n) is 3.30. The van der Waals surface area contributed by atoms with E-state index in [9.17, 15) is 23.1 Å².